The first-order chi connectivity index (χ1) is 9.40. The molecule has 19 heavy (non-hydrogen) atoms. The van der Waals surface area contributed by atoms with Gasteiger partial charge in [-0.2, -0.15) is 0 Å². The van der Waals surface area contributed by atoms with E-state index in [1.54, 1.807) is 0 Å². The lowest BCUT2D eigenvalue weighted by Gasteiger charge is -2.31. The van der Waals surface area contributed by atoms with Gasteiger partial charge in [-0.15, -0.1) is 0 Å². The molecule has 1 aromatic carbocycles. The van der Waals surface area contributed by atoms with Crippen LogP contribution in [0.2, 0.25) is 0 Å². The highest BCUT2D eigenvalue weighted by Gasteiger charge is 2.24. The Bertz CT molecular complexity index is 339. The monoisotopic (exact) mass is 265 g/mol. The van der Waals surface area contributed by atoms with Crippen LogP contribution >= 0.6 is 0 Å². The van der Waals surface area contributed by atoms with Gasteiger partial charge in [-0.05, 0) is 24.9 Å². The predicted molar refractivity (Wildman–Crippen MR) is 74.2 cm³/mol. The second-order valence-corrected chi connectivity index (χ2v) is 4.81. The maximum atomic E-state index is 8.88. The summed E-state index contributed by atoms with van der Waals surface area (Å²) >= 11 is 0. The van der Waals surface area contributed by atoms with Crippen LogP contribution in [0.25, 0.3) is 0 Å². The molecule has 0 aliphatic carbocycles. The van der Waals surface area contributed by atoms with Gasteiger partial charge >= 0.3 is 0 Å². The van der Waals surface area contributed by atoms with Crippen LogP contribution in [0.15, 0.2) is 30.3 Å². The molecule has 0 radical (unpaired) electrons. The normalized spacial score (nSPS) is 21.2. The molecule has 4 heteroatoms. The van der Waals surface area contributed by atoms with E-state index >= 15 is 0 Å². The fourth-order valence-electron chi connectivity index (χ4n) is 2.31. The number of rotatable bonds is 7. The van der Waals surface area contributed by atoms with E-state index in [0.29, 0.717) is 19.8 Å². The van der Waals surface area contributed by atoms with Crippen molar-refractivity contribution in [2.45, 2.75) is 25.0 Å². The van der Waals surface area contributed by atoms with Crippen LogP contribution in [0, 0.1) is 0 Å². The molecule has 2 atom stereocenters. The Hall–Kier alpha value is -0.940. The van der Waals surface area contributed by atoms with E-state index in [1.165, 1.54) is 5.56 Å². The van der Waals surface area contributed by atoms with Crippen molar-refractivity contribution in [1.29, 1.82) is 0 Å². The van der Waals surface area contributed by atoms with Crippen molar-refractivity contribution in [1.82, 2.24) is 5.32 Å². The van der Waals surface area contributed by atoms with Gasteiger partial charge in [-0.25, -0.2) is 0 Å². The van der Waals surface area contributed by atoms with Crippen LogP contribution in [0.3, 0.4) is 0 Å². The van der Waals surface area contributed by atoms with Crippen molar-refractivity contribution in [3.05, 3.63) is 35.9 Å². The number of aliphatic hydroxyl groups excluding tert-OH is 1. The van der Waals surface area contributed by atoms with E-state index in [1.807, 2.05) is 6.07 Å². The zero-order chi connectivity index (χ0) is 13.3. The molecular formula is C15H23NO3. The molecule has 0 bridgehead atoms. The average molecular weight is 265 g/mol. The number of benzene rings is 1. The molecule has 4 nitrogen and oxygen atoms in total. The zero-order valence-corrected chi connectivity index (χ0v) is 11.3. The van der Waals surface area contributed by atoms with Gasteiger partial charge in [0.05, 0.1) is 25.9 Å². The predicted octanol–water partition coefficient (Wildman–Crippen LogP) is 0.985. The third-order valence-corrected chi connectivity index (χ3v) is 3.33. The fourth-order valence-corrected chi connectivity index (χ4v) is 2.31. The molecule has 2 N–H and O–H groups in total. The smallest absolute Gasteiger partial charge is 0.0965 e. The molecule has 1 saturated heterocycles. The fraction of sp³-hybridized carbons (Fsp3) is 0.600. The van der Waals surface area contributed by atoms with Crippen molar-refractivity contribution in [3.63, 3.8) is 0 Å². The van der Waals surface area contributed by atoms with Gasteiger partial charge in [0.25, 0.3) is 0 Å². The van der Waals surface area contributed by atoms with Crippen LogP contribution < -0.4 is 5.32 Å². The molecule has 0 saturated carbocycles. The van der Waals surface area contributed by atoms with Gasteiger partial charge in [0.1, 0.15) is 0 Å². The minimum atomic E-state index is 0.0904. The molecule has 1 aliphatic rings. The Morgan fingerprint density at radius 2 is 2.11 bits per heavy atom. The molecule has 1 fully saturated rings. The lowest BCUT2D eigenvalue weighted by Crippen LogP contribution is -2.48. The quantitative estimate of drug-likeness (QED) is 0.722. The number of hydrogen-bond donors (Lipinski definition) is 2. The highest BCUT2D eigenvalue weighted by Crippen LogP contribution is 2.12. The molecule has 106 valence electrons. The standard InChI is InChI=1S/C15H23NO3/c17-8-4-7-16-14(15-12-18-9-10-19-15)11-13-5-2-1-3-6-13/h1-3,5-6,14-17H,4,7-12H2. The Kier molecular flexibility index (Phi) is 6.30. The summed E-state index contributed by atoms with van der Waals surface area (Å²) in [6.45, 7) is 3.01. The van der Waals surface area contributed by atoms with E-state index in [0.717, 1.165) is 19.4 Å². The molecular weight excluding hydrogens is 242 g/mol. The summed E-state index contributed by atoms with van der Waals surface area (Å²) < 4.78 is 11.3. The van der Waals surface area contributed by atoms with E-state index in [9.17, 15) is 0 Å². The molecule has 1 heterocycles. The maximum Gasteiger partial charge on any atom is 0.0965 e. The third-order valence-electron chi connectivity index (χ3n) is 3.33. The van der Waals surface area contributed by atoms with E-state index in [-0.39, 0.29) is 18.8 Å². The number of nitrogens with one attached hydrogen (secondary N) is 1. The van der Waals surface area contributed by atoms with Crippen molar-refractivity contribution >= 4 is 0 Å². The number of aliphatic hydroxyl groups is 1. The summed E-state index contributed by atoms with van der Waals surface area (Å²) in [6, 6.07) is 10.6. The maximum absolute atomic E-state index is 8.88. The van der Waals surface area contributed by atoms with E-state index < -0.39 is 0 Å². The first kappa shape index (κ1) is 14.5. The molecule has 0 amide bonds. The Morgan fingerprint density at radius 1 is 1.26 bits per heavy atom. The highest BCUT2D eigenvalue weighted by atomic mass is 16.6. The summed E-state index contributed by atoms with van der Waals surface area (Å²) in [5.74, 6) is 0. The molecule has 1 aliphatic heterocycles. The molecule has 2 unspecified atom stereocenters. The van der Waals surface area contributed by atoms with Crippen LogP contribution in [-0.4, -0.2) is 50.2 Å². The van der Waals surface area contributed by atoms with Crippen molar-refractivity contribution < 1.29 is 14.6 Å². The van der Waals surface area contributed by atoms with Gasteiger partial charge in [-0.1, -0.05) is 30.3 Å². The zero-order valence-electron chi connectivity index (χ0n) is 11.3. The van der Waals surface area contributed by atoms with Crippen molar-refractivity contribution in [2.75, 3.05) is 33.0 Å². The summed E-state index contributed by atoms with van der Waals surface area (Å²) in [4.78, 5) is 0. The van der Waals surface area contributed by atoms with Gasteiger partial charge in [0.15, 0.2) is 0 Å². The minimum Gasteiger partial charge on any atom is -0.396 e. The Labute approximate surface area is 114 Å². The van der Waals surface area contributed by atoms with Crippen molar-refractivity contribution in [2.24, 2.45) is 0 Å². The number of ether oxygens (including phenoxy) is 2. The van der Waals surface area contributed by atoms with Crippen LogP contribution in [0.5, 0.6) is 0 Å². The lowest BCUT2D eigenvalue weighted by atomic mass is 10.0. The third kappa shape index (κ3) is 4.91. The second kappa shape index (κ2) is 8.27. The first-order valence-corrected chi connectivity index (χ1v) is 6.97. The van der Waals surface area contributed by atoms with Crippen LogP contribution in [0.4, 0.5) is 0 Å². The van der Waals surface area contributed by atoms with Gasteiger partial charge < -0.3 is 19.9 Å². The largest absolute Gasteiger partial charge is 0.396 e. The first-order valence-electron chi connectivity index (χ1n) is 6.97. The number of hydrogen-bond acceptors (Lipinski definition) is 4. The summed E-state index contributed by atoms with van der Waals surface area (Å²) in [5, 5.41) is 12.4. The van der Waals surface area contributed by atoms with Gasteiger partial charge in [0, 0.05) is 12.6 Å². The van der Waals surface area contributed by atoms with Crippen molar-refractivity contribution in [3.8, 4) is 0 Å². The topological polar surface area (TPSA) is 50.7 Å². The van der Waals surface area contributed by atoms with E-state index in [2.05, 4.69) is 29.6 Å². The summed E-state index contributed by atoms with van der Waals surface area (Å²) in [6.07, 6.45) is 1.77. The van der Waals surface area contributed by atoms with Crippen LogP contribution in [-0.2, 0) is 15.9 Å². The minimum absolute atomic E-state index is 0.0904. The van der Waals surface area contributed by atoms with Crippen LogP contribution in [0.1, 0.15) is 12.0 Å². The van der Waals surface area contributed by atoms with Gasteiger partial charge in [0.2, 0.25) is 0 Å². The SMILES string of the molecule is OCCCNC(Cc1ccccc1)C1COCCO1. The lowest BCUT2D eigenvalue weighted by molar-refractivity contribution is -0.101. The summed E-state index contributed by atoms with van der Waals surface area (Å²) in [7, 11) is 0. The summed E-state index contributed by atoms with van der Waals surface area (Å²) in [5.41, 5.74) is 1.29. The second-order valence-electron chi connectivity index (χ2n) is 4.81. The average Bonchev–Trinajstić information content (AvgIpc) is 2.48. The Balaban J connectivity index is 1.92. The molecule has 1 aromatic rings. The molecule has 2 rings (SSSR count). The van der Waals surface area contributed by atoms with E-state index in [4.69, 9.17) is 14.6 Å². The Morgan fingerprint density at radius 3 is 2.79 bits per heavy atom. The highest BCUT2D eigenvalue weighted by molar-refractivity contribution is 5.16. The van der Waals surface area contributed by atoms with Gasteiger partial charge in [-0.3, -0.25) is 0 Å². The molecule has 0 spiro atoms. The molecule has 0 aromatic heterocycles.